The Morgan fingerprint density at radius 2 is 1.67 bits per heavy atom. The van der Waals surface area contributed by atoms with Crippen LogP contribution in [0.15, 0.2) is 16.6 Å². The average Bonchev–Trinajstić information content (AvgIpc) is 2.65. The lowest BCUT2D eigenvalue weighted by Gasteiger charge is -2.35. The molecule has 0 saturated carbocycles. The van der Waals surface area contributed by atoms with Crippen molar-refractivity contribution in [2.45, 2.75) is 31.6 Å². The van der Waals surface area contributed by atoms with Crippen LogP contribution >= 0.6 is 15.9 Å². The molecule has 0 aromatic heterocycles. The summed E-state index contributed by atoms with van der Waals surface area (Å²) in [4.78, 5) is 23.4. The Labute approximate surface area is 180 Å². The molecule has 1 unspecified atom stereocenters. The number of methoxy groups -OCH3 is 2. The molecule has 1 aromatic rings. The SMILES string of the molecule is COc1cc(C(O)(O)C(O)(O)NC(=O)OCOC(=O)C(N)C(C)C)c(OC)cc1Br. The first-order valence-corrected chi connectivity index (χ1v) is 9.26. The van der Waals surface area contributed by atoms with E-state index < -0.39 is 42.2 Å². The molecule has 0 saturated heterocycles. The van der Waals surface area contributed by atoms with E-state index in [2.05, 4.69) is 25.4 Å². The Morgan fingerprint density at radius 1 is 1.10 bits per heavy atom. The fourth-order valence-electron chi connectivity index (χ4n) is 2.10. The third-order valence-electron chi connectivity index (χ3n) is 3.99. The molecule has 0 radical (unpaired) electrons. The first-order chi connectivity index (χ1) is 13.8. The van der Waals surface area contributed by atoms with Gasteiger partial charge in [-0.15, -0.1) is 0 Å². The third-order valence-corrected chi connectivity index (χ3v) is 4.61. The molecule has 12 nitrogen and oxygen atoms in total. The van der Waals surface area contributed by atoms with Gasteiger partial charge in [-0.2, -0.15) is 0 Å². The Morgan fingerprint density at radius 3 is 2.17 bits per heavy atom. The highest BCUT2D eigenvalue weighted by molar-refractivity contribution is 9.10. The summed E-state index contributed by atoms with van der Waals surface area (Å²) in [6, 6.07) is 1.38. The van der Waals surface area contributed by atoms with Crippen LogP contribution in [0.25, 0.3) is 0 Å². The summed E-state index contributed by atoms with van der Waals surface area (Å²) >= 11 is 3.17. The summed E-state index contributed by atoms with van der Waals surface area (Å²) in [7, 11) is 2.49. The smallest absolute Gasteiger partial charge is 0.414 e. The lowest BCUT2D eigenvalue weighted by molar-refractivity contribution is -0.375. The molecular weight excluding hydrogens is 472 g/mol. The van der Waals surface area contributed by atoms with Crippen LogP contribution in [-0.4, -0.2) is 65.5 Å². The molecule has 7 N–H and O–H groups in total. The van der Waals surface area contributed by atoms with Crippen molar-refractivity contribution >= 4 is 28.0 Å². The predicted molar refractivity (Wildman–Crippen MR) is 104 cm³/mol. The van der Waals surface area contributed by atoms with Crippen molar-refractivity contribution < 1.29 is 49.0 Å². The Kier molecular flexibility index (Phi) is 8.83. The van der Waals surface area contributed by atoms with E-state index in [1.54, 1.807) is 13.8 Å². The van der Waals surface area contributed by atoms with Crippen LogP contribution in [0.2, 0.25) is 0 Å². The quantitative estimate of drug-likeness (QED) is 0.190. The highest BCUT2D eigenvalue weighted by Gasteiger charge is 2.53. The van der Waals surface area contributed by atoms with Gasteiger partial charge in [0.1, 0.15) is 17.5 Å². The number of benzene rings is 1. The summed E-state index contributed by atoms with van der Waals surface area (Å²) < 4.78 is 19.5. The highest BCUT2D eigenvalue weighted by atomic mass is 79.9. The molecule has 13 heteroatoms. The summed E-state index contributed by atoms with van der Waals surface area (Å²) in [5, 5.41) is 42.4. The van der Waals surface area contributed by atoms with Crippen LogP contribution in [-0.2, 0) is 20.1 Å². The number of hydrogen-bond donors (Lipinski definition) is 6. The van der Waals surface area contributed by atoms with Gasteiger partial charge in [0, 0.05) is 0 Å². The predicted octanol–water partition coefficient (Wildman–Crippen LogP) is -0.548. The molecule has 1 aromatic carbocycles. The molecule has 30 heavy (non-hydrogen) atoms. The van der Waals surface area contributed by atoms with Crippen LogP contribution in [0, 0.1) is 5.92 Å². The van der Waals surface area contributed by atoms with Crippen LogP contribution in [0.3, 0.4) is 0 Å². The van der Waals surface area contributed by atoms with E-state index in [4.69, 9.17) is 15.2 Å². The molecule has 1 rings (SSSR count). The summed E-state index contributed by atoms with van der Waals surface area (Å²) in [6.45, 7) is 2.46. The van der Waals surface area contributed by atoms with Gasteiger partial charge in [0.15, 0.2) is 0 Å². The van der Waals surface area contributed by atoms with Gasteiger partial charge in [-0.05, 0) is 34.0 Å². The van der Waals surface area contributed by atoms with Crippen molar-refractivity contribution in [3.05, 3.63) is 22.2 Å². The van der Waals surface area contributed by atoms with Gasteiger partial charge < -0.3 is 45.1 Å². The van der Waals surface area contributed by atoms with Crippen molar-refractivity contribution in [1.29, 1.82) is 0 Å². The number of carbonyl (C=O) groups is 2. The van der Waals surface area contributed by atoms with Crippen LogP contribution in [0.5, 0.6) is 11.5 Å². The standard InChI is InChI=1S/C17H25BrN2O10/c1-8(2)13(19)14(21)29-7-30-15(22)20-17(25,26)16(23,24)9-5-12(28-4)10(18)6-11(9)27-3/h5-6,8,13,23-26H,7,19H2,1-4H3,(H,20,22). The molecule has 0 aliphatic heterocycles. The molecule has 0 bridgehead atoms. The zero-order valence-electron chi connectivity index (χ0n) is 16.7. The largest absolute Gasteiger partial charge is 0.496 e. The molecule has 1 amide bonds. The number of esters is 1. The van der Waals surface area contributed by atoms with Gasteiger partial charge in [0.25, 0.3) is 5.79 Å². The number of halogens is 1. The van der Waals surface area contributed by atoms with Gasteiger partial charge in [-0.3, -0.25) is 10.1 Å². The minimum atomic E-state index is -3.66. The molecule has 0 aliphatic carbocycles. The van der Waals surface area contributed by atoms with E-state index >= 15 is 0 Å². The van der Waals surface area contributed by atoms with Gasteiger partial charge in [0.2, 0.25) is 6.79 Å². The number of nitrogens with two attached hydrogens (primary N) is 1. The first kappa shape index (κ1) is 25.9. The number of nitrogens with one attached hydrogen (secondary N) is 1. The number of ether oxygens (including phenoxy) is 4. The topological polar surface area (TPSA) is 190 Å². The summed E-state index contributed by atoms with van der Waals surface area (Å²) in [5.41, 5.74) is 5.01. The Hall–Kier alpha value is -2.16. The van der Waals surface area contributed by atoms with Gasteiger partial charge >= 0.3 is 18.0 Å². The third kappa shape index (κ3) is 5.93. The van der Waals surface area contributed by atoms with Crippen LogP contribution in [0.4, 0.5) is 4.79 Å². The molecule has 0 aliphatic rings. The van der Waals surface area contributed by atoms with E-state index in [9.17, 15) is 30.0 Å². The lowest BCUT2D eigenvalue weighted by atomic mass is 10.0. The summed E-state index contributed by atoms with van der Waals surface area (Å²) in [6.07, 6.45) is -1.54. The van der Waals surface area contributed by atoms with E-state index in [0.29, 0.717) is 4.47 Å². The number of alkyl carbamates (subject to hydrolysis) is 1. The second kappa shape index (κ2) is 10.2. The van der Waals surface area contributed by atoms with Crippen molar-refractivity contribution in [1.82, 2.24) is 5.32 Å². The number of aliphatic hydroxyl groups is 4. The molecule has 170 valence electrons. The van der Waals surface area contributed by atoms with E-state index in [0.717, 1.165) is 6.07 Å². The number of rotatable bonds is 9. The Balaban J connectivity index is 2.92. The molecule has 0 spiro atoms. The fourth-order valence-corrected chi connectivity index (χ4v) is 2.58. The number of carbonyl (C=O) groups excluding carboxylic acids is 2. The van der Waals surface area contributed by atoms with Crippen molar-refractivity contribution in [2.24, 2.45) is 11.7 Å². The maximum Gasteiger partial charge on any atom is 0.414 e. The monoisotopic (exact) mass is 496 g/mol. The minimum Gasteiger partial charge on any atom is -0.496 e. The normalized spacial score (nSPS) is 12.9. The van der Waals surface area contributed by atoms with Crippen molar-refractivity contribution in [3.8, 4) is 11.5 Å². The van der Waals surface area contributed by atoms with Crippen LogP contribution in [0.1, 0.15) is 19.4 Å². The van der Waals surface area contributed by atoms with Crippen molar-refractivity contribution in [2.75, 3.05) is 21.0 Å². The zero-order chi connectivity index (χ0) is 23.3. The van der Waals surface area contributed by atoms with Crippen molar-refractivity contribution in [3.63, 3.8) is 0 Å². The molecule has 1 atom stereocenters. The number of hydrogen-bond acceptors (Lipinski definition) is 11. The fraction of sp³-hybridized carbons (Fsp3) is 0.529. The van der Waals surface area contributed by atoms with Gasteiger partial charge in [0.05, 0.1) is 24.3 Å². The highest BCUT2D eigenvalue weighted by Crippen LogP contribution is 2.40. The summed E-state index contributed by atoms with van der Waals surface area (Å²) in [5.74, 6) is -8.29. The molecular formula is C17H25BrN2O10. The van der Waals surface area contributed by atoms with Crippen LogP contribution < -0.4 is 20.5 Å². The molecule has 0 fully saturated rings. The second-order valence-electron chi connectivity index (χ2n) is 6.44. The number of amides is 1. The maximum absolute atomic E-state index is 11.8. The average molecular weight is 497 g/mol. The first-order valence-electron chi connectivity index (χ1n) is 8.47. The van der Waals surface area contributed by atoms with E-state index in [1.165, 1.54) is 25.6 Å². The van der Waals surface area contributed by atoms with E-state index in [1.807, 2.05) is 0 Å². The minimum absolute atomic E-state index is 0.102. The second-order valence-corrected chi connectivity index (χ2v) is 7.29. The lowest BCUT2D eigenvalue weighted by Crippen LogP contribution is -2.63. The maximum atomic E-state index is 11.8. The van der Waals surface area contributed by atoms with Gasteiger partial charge in [-0.25, -0.2) is 4.79 Å². The van der Waals surface area contributed by atoms with Gasteiger partial charge in [-0.1, -0.05) is 13.8 Å². The molecule has 0 heterocycles. The zero-order valence-corrected chi connectivity index (χ0v) is 18.3. The Bertz CT molecular complexity index is 769. The van der Waals surface area contributed by atoms with E-state index in [-0.39, 0.29) is 17.4 Å².